The van der Waals surface area contributed by atoms with Crippen LogP contribution in [-0.4, -0.2) is 39.0 Å². The quantitative estimate of drug-likeness (QED) is 0.271. The highest BCUT2D eigenvalue weighted by Crippen LogP contribution is 2.36. The molecule has 3 aromatic rings. The number of urea groups is 1. The lowest BCUT2D eigenvalue weighted by molar-refractivity contribution is -0.137. The van der Waals surface area contributed by atoms with Crippen molar-refractivity contribution in [3.63, 3.8) is 0 Å². The summed E-state index contributed by atoms with van der Waals surface area (Å²) in [7, 11) is 0. The van der Waals surface area contributed by atoms with Crippen LogP contribution in [0.2, 0.25) is 0 Å². The Labute approximate surface area is 212 Å². The molecule has 6 N–H and O–H groups in total. The molecule has 0 aliphatic carbocycles. The highest BCUT2D eigenvalue weighted by atomic mass is 16.4. The minimum Gasteiger partial charge on any atom is -0.481 e. The molecule has 0 bridgehead atoms. The number of amides is 4. The van der Waals surface area contributed by atoms with Crippen LogP contribution in [0, 0.1) is 13.8 Å². The summed E-state index contributed by atoms with van der Waals surface area (Å²) in [6.07, 6.45) is 2.14. The first-order valence-corrected chi connectivity index (χ1v) is 11.6. The Hall–Kier alpha value is -4.70. The van der Waals surface area contributed by atoms with Crippen molar-refractivity contribution in [3.8, 4) is 0 Å². The number of benzene rings is 2. The van der Waals surface area contributed by atoms with E-state index in [0.29, 0.717) is 34.5 Å². The number of aliphatic hydroxyl groups is 1. The second-order valence-corrected chi connectivity index (χ2v) is 8.70. The van der Waals surface area contributed by atoms with Gasteiger partial charge in [-0.2, -0.15) is 0 Å². The third-order valence-electron chi connectivity index (χ3n) is 6.20. The van der Waals surface area contributed by atoms with Gasteiger partial charge in [0.25, 0.3) is 11.8 Å². The number of H-pyrrole nitrogens is 1. The second-order valence-electron chi connectivity index (χ2n) is 8.70. The number of rotatable bonds is 7. The molecule has 37 heavy (non-hydrogen) atoms. The van der Waals surface area contributed by atoms with Gasteiger partial charge < -0.3 is 25.8 Å². The molecule has 0 spiro atoms. The van der Waals surface area contributed by atoms with Crippen molar-refractivity contribution in [3.05, 3.63) is 81.7 Å². The number of aliphatic hydroxyl groups excluding tert-OH is 1. The minimum atomic E-state index is -0.872. The van der Waals surface area contributed by atoms with Crippen LogP contribution in [-0.2, 0) is 22.6 Å². The van der Waals surface area contributed by atoms with Crippen LogP contribution >= 0.6 is 0 Å². The number of aromatic nitrogens is 1. The van der Waals surface area contributed by atoms with Crippen LogP contribution in [0.25, 0.3) is 11.6 Å². The van der Waals surface area contributed by atoms with Crippen molar-refractivity contribution in [2.45, 2.75) is 33.3 Å². The maximum Gasteiger partial charge on any atom is 0.326 e. The summed E-state index contributed by atoms with van der Waals surface area (Å²) < 4.78 is 0. The third-order valence-corrected chi connectivity index (χ3v) is 6.20. The van der Waals surface area contributed by atoms with Crippen molar-refractivity contribution in [1.29, 1.82) is 0 Å². The first-order valence-electron chi connectivity index (χ1n) is 11.6. The maximum atomic E-state index is 12.7. The number of aryl methyl sites for hydroxylation is 1. The molecule has 0 saturated carbocycles. The number of carboxylic acid groups (broad SMARTS) is 1. The van der Waals surface area contributed by atoms with Gasteiger partial charge in [-0.15, -0.1) is 0 Å². The summed E-state index contributed by atoms with van der Waals surface area (Å²) in [6, 6.07) is 10.4. The lowest BCUT2D eigenvalue weighted by atomic mass is 10.0. The molecule has 0 radical (unpaired) electrons. The molecule has 10 heteroatoms. The molecule has 0 atom stereocenters. The molecule has 4 amide bonds. The molecule has 10 nitrogen and oxygen atoms in total. The molecular formula is C27H26N4O6. The molecule has 1 aliphatic heterocycles. The molecule has 2 heterocycles. The van der Waals surface area contributed by atoms with Crippen LogP contribution in [0.4, 0.5) is 16.2 Å². The fourth-order valence-electron chi connectivity index (χ4n) is 4.23. The van der Waals surface area contributed by atoms with Gasteiger partial charge in [0.1, 0.15) is 0 Å². The van der Waals surface area contributed by atoms with Gasteiger partial charge in [0.05, 0.1) is 17.9 Å². The van der Waals surface area contributed by atoms with Gasteiger partial charge in [-0.05, 0) is 67.3 Å². The summed E-state index contributed by atoms with van der Waals surface area (Å²) in [6.45, 7) is 3.60. The average molecular weight is 503 g/mol. The number of aromatic amines is 1. The zero-order chi connectivity index (χ0) is 26.7. The van der Waals surface area contributed by atoms with Crippen molar-refractivity contribution in [2.75, 3.05) is 10.6 Å². The lowest BCUT2D eigenvalue weighted by Crippen LogP contribution is -2.34. The van der Waals surface area contributed by atoms with E-state index in [-0.39, 0.29) is 24.5 Å². The Morgan fingerprint density at radius 3 is 2.46 bits per heavy atom. The van der Waals surface area contributed by atoms with Crippen LogP contribution < -0.4 is 16.0 Å². The van der Waals surface area contributed by atoms with E-state index in [0.717, 1.165) is 22.5 Å². The van der Waals surface area contributed by atoms with Crippen molar-refractivity contribution in [2.24, 2.45) is 0 Å². The highest BCUT2D eigenvalue weighted by molar-refractivity contribution is 6.35. The van der Waals surface area contributed by atoms with Crippen molar-refractivity contribution in [1.82, 2.24) is 10.3 Å². The number of anilines is 2. The van der Waals surface area contributed by atoms with Gasteiger partial charge in [0.2, 0.25) is 0 Å². The fraction of sp³-hybridized carbons (Fsp3) is 0.185. The normalized spacial score (nSPS) is 13.3. The van der Waals surface area contributed by atoms with E-state index in [1.807, 2.05) is 13.8 Å². The Morgan fingerprint density at radius 1 is 1.05 bits per heavy atom. The van der Waals surface area contributed by atoms with E-state index in [4.69, 9.17) is 10.2 Å². The Kier molecular flexibility index (Phi) is 7.21. The topological polar surface area (TPSA) is 161 Å². The van der Waals surface area contributed by atoms with Gasteiger partial charge in [-0.3, -0.25) is 19.7 Å². The van der Waals surface area contributed by atoms with Gasteiger partial charge in [-0.25, -0.2) is 4.79 Å². The molecule has 0 saturated heterocycles. The number of nitrogens with one attached hydrogen (secondary N) is 4. The zero-order valence-electron chi connectivity index (χ0n) is 20.3. The lowest BCUT2D eigenvalue weighted by Gasteiger charge is -2.08. The largest absolute Gasteiger partial charge is 0.481 e. The molecule has 2 aromatic carbocycles. The third kappa shape index (κ3) is 5.60. The van der Waals surface area contributed by atoms with Crippen LogP contribution in [0.1, 0.15) is 50.4 Å². The number of fused-ring (bicyclic) bond motifs is 1. The standard InChI is InChI=1S/C27H26N4O6/c1-14-19(9-10-24(33)34)15(2)28-22(14)12-21-20-8-7-18(11-23(20)30-26(21)36)29-27(37)31-25(35)17-5-3-16(13-32)4-6-17/h3-8,11-12,28,32H,9-10,13H2,1-2H3,(H,30,36)(H,33,34)(H2,29,31,35,37). The predicted molar refractivity (Wildman–Crippen MR) is 138 cm³/mol. The Balaban J connectivity index is 1.48. The summed E-state index contributed by atoms with van der Waals surface area (Å²) in [5.74, 6) is -1.78. The number of carbonyl (C=O) groups excluding carboxylic acids is 3. The predicted octanol–water partition coefficient (Wildman–Crippen LogP) is 3.60. The van der Waals surface area contributed by atoms with Gasteiger partial charge >= 0.3 is 12.0 Å². The van der Waals surface area contributed by atoms with E-state index in [2.05, 4.69) is 20.9 Å². The SMILES string of the molecule is Cc1[nH]c(C=C2C(=O)Nc3cc(NC(=O)NC(=O)c4ccc(CO)cc4)ccc32)c(C)c1CCC(=O)O. The number of hydrogen-bond donors (Lipinski definition) is 6. The van der Waals surface area contributed by atoms with Gasteiger partial charge in [0.15, 0.2) is 0 Å². The molecule has 1 aromatic heterocycles. The van der Waals surface area contributed by atoms with Crippen LogP contribution in [0.3, 0.4) is 0 Å². The minimum absolute atomic E-state index is 0.0177. The highest BCUT2D eigenvalue weighted by Gasteiger charge is 2.25. The molecule has 4 rings (SSSR count). The average Bonchev–Trinajstić information content (AvgIpc) is 3.31. The first-order chi connectivity index (χ1) is 17.7. The van der Waals surface area contributed by atoms with E-state index < -0.39 is 17.9 Å². The Morgan fingerprint density at radius 2 is 1.78 bits per heavy atom. The number of hydrogen-bond acceptors (Lipinski definition) is 5. The summed E-state index contributed by atoms with van der Waals surface area (Å²) in [4.78, 5) is 51.5. The summed E-state index contributed by atoms with van der Waals surface area (Å²) in [5, 5.41) is 25.7. The van der Waals surface area contributed by atoms with Crippen LogP contribution in [0.15, 0.2) is 42.5 Å². The second kappa shape index (κ2) is 10.5. The molecule has 0 fully saturated rings. The molecule has 190 valence electrons. The zero-order valence-corrected chi connectivity index (χ0v) is 20.3. The van der Waals surface area contributed by atoms with Crippen molar-refractivity contribution < 1.29 is 29.4 Å². The maximum absolute atomic E-state index is 12.7. The van der Waals surface area contributed by atoms with E-state index in [9.17, 15) is 19.2 Å². The molecule has 1 aliphatic rings. The number of aliphatic carboxylic acids is 1. The van der Waals surface area contributed by atoms with E-state index >= 15 is 0 Å². The smallest absolute Gasteiger partial charge is 0.326 e. The summed E-state index contributed by atoms with van der Waals surface area (Å²) >= 11 is 0. The van der Waals surface area contributed by atoms with Gasteiger partial charge in [-0.1, -0.05) is 18.2 Å². The fourth-order valence-corrected chi connectivity index (χ4v) is 4.23. The molecule has 0 unspecified atom stereocenters. The first kappa shape index (κ1) is 25.4. The Bertz CT molecular complexity index is 1440. The van der Waals surface area contributed by atoms with Gasteiger partial charge in [0, 0.05) is 34.6 Å². The van der Waals surface area contributed by atoms with Crippen LogP contribution in [0.5, 0.6) is 0 Å². The summed E-state index contributed by atoms with van der Waals surface area (Å²) in [5.41, 5.74) is 6.26. The number of carboxylic acids is 1. The number of carbonyl (C=O) groups is 4. The number of imide groups is 1. The van der Waals surface area contributed by atoms with E-state index in [1.54, 1.807) is 36.4 Å². The van der Waals surface area contributed by atoms with E-state index in [1.165, 1.54) is 12.1 Å². The monoisotopic (exact) mass is 502 g/mol. The molecular weight excluding hydrogens is 476 g/mol. The van der Waals surface area contributed by atoms with Crippen molar-refractivity contribution >= 4 is 46.8 Å².